The van der Waals surface area contributed by atoms with Crippen LogP contribution in [-0.2, 0) is 14.3 Å². The SMILES string of the molecule is C=CCC1(C(=O)O)CN(C(=O)[C@H](NC(=O)OCC2c3ccccc3-c3ccccc32)C(C)(C)C)C1. The van der Waals surface area contributed by atoms with E-state index in [1.54, 1.807) is 6.08 Å². The van der Waals surface area contributed by atoms with Crippen LogP contribution < -0.4 is 5.32 Å². The van der Waals surface area contributed by atoms with Crippen LogP contribution >= 0.6 is 0 Å². The van der Waals surface area contributed by atoms with Crippen molar-refractivity contribution < 1.29 is 24.2 Å². The maximum atomic E-state index is 13.2. The lowest BCUT2D eigenvalue weighted by molar-refractivity contribution is -0.167. The predicted octanol–water partition coefficient (Wildman–Crippen LogP) is 4.43. The van der Waals surface area contributed by atoms with E-state index in [1.165, 1.54) is 4.90 Å². The molecular weight excluding hydrogens is 444 g/mol. The van der Waals surface area contributed by atoms with Crippen LogP contribution in [0.15, 0.2) is 61.2 Å². The first kappa shape index (κ1) is 24.5. The fourth-order valence-electron chi connectivity index (χ4n) is 5.06. The first-order valence-electron chi connectivity index (χ1n) is 11.8. The highest BCUT2D eigenvalue weighted by Crippen LogP contribution is 2.44. The molecule has 2 amide bonds. The van der Waals surface area contributed by atoms with Gasteiger partial charge in [-0.05, 0) is 34.1 Å². The number of ether oxygens (including phenoxy) is 1. The Hall–Kier alpha value is -3.61. The molecule has 0 unspecified atom stereocenters. The molecule has 7 heteroatoms. The number of benzene rings is 2. The fraction of sp³-hybridized carbons (Fsp3) is 0.393. The van der Waals surface area contributed by atoms with Gasteiger partial charge in [-0.3, -0.25) is 9.59 Å². The summed E-state index contributed by atoms with van der Waals surface area (Å²) >= 11 is 0. The molecule has 2 aromatic rings. The topological polar surface area (TPSA) is 95.9 Å². The maximum Gasteiger partial charge on any atom is 0.407 e. The van der Waals surface area contributed by atoms with E-state index in [4.69, 9.17) is 4.74 Å². The predicted molar refractivity (Wildman–Crippen MR) is 133 cm³/mol. The summed E-state index contributed by atoms with van der Waals surface area (Å²) in [4.78, 5) is 39.3. The van der Waals surface area contributed by atoms with E-state index >= 15 is 0 Å². The lowest BCUT2D eigenvalue weighted by atomic mass is 9.75. The molecule has 184 valence electrons. The number of rotatable bonds is 7. The number of carboxylic acids is 1. The number of amides is 2. The summed E-state index contributed by atoms with van der Waals surface area (Å²) in [6, 6.07) is 15.3. The third kappa shape index (κ3) is 4.55. The van der Waals surface area contributed by atoms with Crippen LogP contribution in [0.25, 0.3) is 11.1 Å². The Balaban J connectivity index is 1.43. The molecule has 0 spiro atoms. The van der Waals surface area contributed by atoms with E-state index in [0.717, 1.165) is 22.3 Å². The van der Waals surface area contributed by atoms with Gasteiger partial charge in [-0.25, -0.2) is 4.79 Å². The van der Waals surface area contributed by atoms with Crippen molar-refractivity contribution in [3.8, 4) is 11.1 Å². The highest BCUT2D eigenvalue weighted by atomic mass is 16.5. The van der Waals surface area contributed by atoms with Crippen molar-refractivity contribution in [2.24, 2.45) is 10.8 Å². The quantitative estimate of drug-likeness (QED) is 0.577. The molecule has 0 bridgehead atoms. The van der Waals surface area contributed by atoms with E-state index < -0.39 is 28.9 Å². The molecule has 7 nitrogen and oxygen atoms in total. The van der Waals surface area contributed by atoms with Gasteiger partial charge in [0, 0.05) is 19.0 Å². The van der Waals surface area contributed by atoms with E-state index in [9.17, 15) is 19.5 Å². The smallest absolute Gasteiger partial charge is 0.407 e. The van der Waals surface area contributed by atoms with Gasteiger partial charge in [0.05, 0.1) is 0 Å². The van der Waals surface area contributed by atoms with Crippen molar-refractivity contribution in [1.82, 2.24) is 10.2 Å². The van der Waals surface area contributed by atoms with Gasteiger partial charge in [0.2, 0.25) is 5.91 Å². The number of likely N-dealkylation sites (tertiary alicyclic amines) is 1. The number of carboxylic acid groups (broad SMARTS) is 1. The Bertz CT molecular complexity index is 1110. The molecule has 1 heterocycles. The van der Waals surface area contributed by atoms with Gasteiger partial charge in [-0.1, -0.05) is 75.4 Å². The first-order chi connectivity index (χ1) is 16.6. The van der Waals surface area contributed by atoms with Crippen LogP contribution in [0.5, 0.6) is 0 Å². The van der Waals surface area contributed by atoms with Crippen molar-refractivity contribution >= 4 is 18.0 Å². The van der Waals surface area contributed by atoms with E-state index in [0.29, 0.717) is 0 Å². The largest absolute Gasteiger partial charge is 0.481 e. The number of alkyl carbamates (subject to hydrolysis) is 1. The zero-order valence-corrected chi connectivity index (χ0v) is 20.4. The van der Waals surface area contributed by atoms with Crippen LogP contribution in [-0.4, -0.2) is 53.7 Å². The number of aliphatic carboxylic acids is 1. The van der Waals surface area contributed by atoms with Crippen LogP contribution in [0, 0.1) is 10.8 Å². The van der Waals surface area contributed by atoms with Crippen molar-refractivity contribution in [1.29, 1.82) is 0 Å². The minimum Gasteiger partial charge on any atom is -0.481 e. The van der Waals surface area contributed by atoms with Gasteiger partial charge in [0.25, 0.3) is 0 Å². The Kier molecular flexibility index (Phi) is 6.45. The van der Waals surface area contributed by atoms with Crippen molar-refractivity contribution in [2.45, 2.75) is 39.2 Å². The lowest BCUT2D eigenvalue weighted by Gasteiger charge is -2.49. The summed E-state index contributed by atoms with van der Waals surface area (Å²) in [7, 11) is 0. The molecule has 0 aromatic heterocycles. The van der Waals surface area contributed by atoms with E-state index in [2.05, 4.69) is 24.0 Å². The molecule has 2 aromatic carbocycles. The summed E-state index contributed by atoms with van der Waals surface area (Å²) in [6.07, 6.45) is 1.18. The average molecular weight is 477 g/mol. The first-order valence-corrected chi connectivity index (χ1v) is 11.8. The van der Waals surface area contributed by atoms with Crippen molar-refractivity contribution in [3.05, 3.63) is 72.3 Å². The number of carbonyl (C=O) groups is 3. The summed E-state index contributed by atoms with van der Waals surface area (Å²) < 4.78 is 5.64. The number of nitrogens with one attached hydrogen (secondary N) is 1. The molecule has 1 fully saturated rings. The second-order valence-corrected chi connectivity index (χ2v) is 10.5. The van der Waals surface area contributed by atoms with Gasteiger partial charge in [0.15, 0.2) is 0 Å². The number of carbonyl (C=O) groups excluding carboxylic acids is 2. The third-order valence-electron chi connectivity index (χ3n) is 7.01. The van der Waals surface area contributed by atoms with Crippen LogP contribution in [0.3, 0.4) is 0 Å². The van der Waals surface area contributed by atoms with Crippen LogP contribution in [0.4, 0.5) is 4.79 Å². The van der Waals surface area contributed by atoms with E-state index in [-0.39, 0.29) is 37.9 Å². The zero-order chi connectivity index (χ0) is 25.4. The molecule has 0 radical (unpaired) electrons. The molecule has 1 atom stereocenters. The van der Waals surface area contributed by atoms with Gasteiger partial charge in [-0.2, -0.15) is 0 Å². The maximum absolute atomic E-state index is 13.2. The highest BCUT2D eigenvalue weighted by molar-refractivity contribution is 5.89. The molecule has 1 aliphatic carbocycles. The summed E-state index contributed by atoms with van der Waals surface area (Å²) in [5.74, 6) is -1.34. The molecule has 35 heavy (non-hydrogen) atoms. The third-order valence-corrected chi connectivity index (χ3v) is 7.01. The van der Waals surface area contributed by atoms with Crippen LogP contribution in [0.1, 0.15) is 44.2 Å². The van der Waals surface area contributed by atoms with Crippen molar-refractivity contribution in [3.63, 3.8) is 0 Å². The van der Waals surface area contributed by atoms with Gasteiger partial charge in [-0.15, -0.1) is 6.58 Å². The number of allylic oxidation sites excluding steroid dienone is 1. The number of hydrogen-bond acceptors (Lipinski definition) is 4. The molecule has 4 rings (SSSR count). The molecule has 2 N–H and O–H groups in total. The summed E-state index contributed by atoms with van der Waals surface area (Å²) in [5.41, 5.74) is 2.89. The molecule has 0 saturated carbocycles. The molecular formula is C28H32N2O5. The van der Waals surface area contributed by atoms with E-state index in [1.807, 2.05) is 57.2 Å². The number of fused-ring (bicyclic) bond motifs is 3. The molecule has 2 aliphatic rings. The zero-order valence-electron chi connectivity index (χ0n) is 20.4. The Morgan fingerprint density at radius 3 is 2.14 bits per heavy atom. The Morgan fingerprint density at radius 1 is 1.11 bits per heavy atom. The second kappa shape index (κ2) is 9.21. The minimum absolute atomic E-state index is 0.0811. The lowest BCUT2D eigenvalue weighted by Crippen LogP contribution is -2.66. The second-order valence-electron chi connectivity index (χ2n) is 10.5. The van der Waals surface area contributed by atoms with Crippen LogP contribution in [0.2, 0.25) is 0 Å². The normalized spacial score (nSPS) is 16.9. The molecule has 1 aliphatic heterocycles. The standard InChI is InChI=1S/C28H32N2O5/c1-5-14-28(25(32)33)16-30(17-28)24(31)23(27(2,3)4)29-26(34)35-15-22-20-12-8-6-10-18(20)19-11-7-9-13-21(19)22/h5-13,22-23H,1,14-17H2,2-4H3,(H,29,34)(H,32,33)/t23-/m0/s1. The van der Waals surface area contributed by atoms with Crippen molar-refractivity contribution in [2.75, 3.05) is 19.7 Å². The fourth-order valence-corrected chi connectivity index (χ4v) is 5.06. The van der Waals surface area contributed by atoms with Gasteiger partial charge < -0.3 is 20.1 Å². The molecule has 1 saturated heterocycles. The average Bonchev–Trinajstić information content (AvgIpc) is 3.10. The summed E-state index contributed by atoms with van der Waals surface area (Å²) in [5, 5.41) is 12.3. The highest BCUT2D eigenvalue weighted by Gasteiger charge is 2.52. The van der Waals surface area contributed by atoms with Gasteiger partial charge >= 0.3 is 12.1 Å². The summed E-state index contributed by atoms with van der Waals surface area (Å²) in [6.45, 7) is 9.53. The van der Waals surface area contributed by atoms with Gasteiger partial charge in [0.1, 0.15) is 18.1 Å². The number of nitrogens with zero attached hydrogens (tertiary/aromatic N) is 1. The minimum atomic E-state index is -1.01. The Morgan fingerprint density at radius 2 is 1.66 bits per heavy atom. The monoisotopic (exact) mass is 476 g/mol. The number of hydrogen-bond donors (Lipinski definition) is 2. The Labute approximate surface area is 205 Å².